The molecule has 0 spiro atoms. The van der Waals surface area contributed by atoms with Crippen LogP contribution in [0.15, 0.2) is 16.9 Å². The van der Waals surface area contributed by atoms with Gasteiger partial charge in [0.05, 0.1) is 6.20 Å². The molecule has 4 heteroatoms. The van der Waals surface area contributed by atoms with E-state index in [2.05, 4.69) is 4.98 Å². The topological polar surface area (TPSA) is 63.3 Å². The first-order chi connectivity index (χ1) is 6.25. The molecule has 1 atom stereocenters. The van der Waals surface area contributed by atoms with Crippen LogP contribution in [0.5, 0.6) is 0 Å². The fourth-order valence-corrected chi connectivity index (χ4v) is 1.17. The summed E-state index contributed by atoms with van der Waals surface area (Å²) in [6.45, 7) is 2.02. The third-order valence-electron chi connectivity index (χ3n) is 1.89. The summed E-state index contributed by atoms with van der Waals surface area (Å²) in [5, 5.41) is 8.87. The van der Waals surface area contributed by atoms with Gasteiger partial charge in [-0.05, 0) is 6.42 Å². The molecular weight excluding hydrogens is 170 g/mol. The number of hydrogen-bond acceptors (Lipinski definition) is 3. The van der Waals surface area contributed by atoms with Crippen LogP contribution in [0.25, 0.3) is 0 Å². The van der Waals surface area contributed by atoms with Gasteiger partial charge in [0.1, 0.15) is 12.2 Å². The van der Waals surface area contributed by atoms with Gasteiger partial charge < -0.3 is 9.52 Å². The van der Waals surface area contributed by atoms with Gasteiger partial charge in [-0.15, -0.1) is 0 Å². The van der Waals surface area contributed by atoms with Crippen molar-refractivity contribution in [2.24, 2.45) is 0 Å². The van der Waals surface area contributed by atoms with Crippen molar-refractivity contribution in [1.29, 1.82) is 0 Å². The first-order valence-electron chi connectivity index (χ1n) is 4.38. The molecule has 0 saturated heterocycles. The number of nitrogens with zero attached hydrogens (tertiary/aromatic N) is 1. The van der Waals surface area contributed by atoms with Crippen LogP contribution in [0.4, 0.5) is 0 Å². The number of aliphatic carboxylic acids is 1. The molecule has 1 N–H and O–H groups in total. The first-order valence-corrected chi connectivity index (χ1v) is 4.38. The number of hydrogen-bond donors (Lipinski definition) is 1. The summed E-state index contributed by atoms with van der Waals surface area (Å²) in [6, 6.07) is 0. The van der Waals surface area contributed by atoms with E-state index in [4.69, 9.17) is 9.52 Å². The Morgan fingerprint density at radius 3 is 3.00 bits per heavy atom. The molecule has 0 saturated carbocycles. The molecule has 0 amide bonds. The fraction of sp³-hybridized carbons (Fsp3) is 0.556. The number of rotatable bonds is 5. The van der Waals surface area contributed by atoms with Crippen molar-refractivity contribution in [3.8, 4) is 0 Å². The van der Waals surface area contributed by atoms with Crippen molar-refractivity contribution in [2.75, 3.05) is 0 Å². The molecule has 0 aliphatic carbocycles. The van der Waals surface area contributed by atoms with Crippen molar-refractivity contribution < 1.29 is 14.3 Å². The summed E-state index contributed by atoms with van der Waals surface area (Å²) in [6.07, 6.45) is 5.31. The van der Waals surface area contributed by atoms with E-state index in [1.807, 2.05) is 6.92 Å². The normalized spacial score (nSPS) is 12.7. The standard InChI is InChI=1S/C9H13NO3/c1-2-3-4-7(9(11)12)8-10-5-6-13-8/h5-7H,2-4H2,1H3,(H,11,12). The van der Waals surface area contributed by atoms with Gasteiger partial charge in [0.25, 0.3) is 0 Å². The molecule has 4 nitrogen and oxygen atoms in total. The zero-order valence-corrected chi connectivity index (χ0v) is 7.56. The van der Waals surface area contributed by atoms with E-state index >= 15 is 0 Å². The number of aromatic nitrogens is 1. The van der Waals surface area contributed by atoms with E-state index < -0.39 is 11.9 Å². The Labute approximate surface area is 76.6 Å². The highest BCUT2D eigenvalue weighted by atomic mass is 16.4. The second kappa shape index (κ2) is 4.64. The number of carboxylic acids is 1. The number of carboxylic acid groups (broad SMARTS) is 1. The molecule has 0 aliphatic heterocycles. The Morgan fingerprint density at radius 2 is 2.54 bits per heavy atom. The largest absolute Gasteiger partial charge is 0.481 e. The zero-order chi connectivity index (χ0) is 9.68. The van der Waals surface area contributed by atoms with Crippen molar-refractivity contribution in [3.63, 3.8) is 0 Å². The molecule has 1 unspecified atom stereocenters. The lowest BCUT2D eigenvalue weighted by Gasteiger charge is -2.06. The molecule has 1 rings (SSSR count). The smallest absolute Gasteiger partial charge is 0.315 e. The van der Waals surface area contributed by atoms with E-state index in [0.717, 1.165) is 12.8 Å². The average Bonchev–Trinajstić information content (AvgIpc) is 2.57. The molecule has 1 heterocycles. The first kappa shape index (κ1) is 9.77. The quantitative estimate of drug-likeness (QED) is 0.758. The van der Waals surface area contributed by atoms with Gasteiger partial charge in [0, 0.05) is 0 Å². The van der Waals surface area contributed by atoms with Crippen molar-refractivity contribution in [1.82, 2.24) is 4.98 Å². The van der Waals surface area contributed by atoms with Gasteiger partial charge in [-0.3, -0.25) is 4.79 Å². The zero-order valence-electron chi connectivity index (χ0n) is 7.56. The second-order valence-corrected chi connectivity index (χ2v) is 2.90. The van der Waals surface area contributed by atoms with Crippen LogP contribution in [-0.4, -0.2) is 16.1 Å². The number of carbonyl (C=O) groups is 1. The van der Waals surface area contributed by atoms with E-state index in [1.54, 1.807) is 0 Å². The van der Waals surface area contributed by atoms with Gasteiger partial charge in [-0.2, -0.15) is 0 Å². The predicted molar refractivity (Wildman–Crippen MR) is 46.4 cm³/mol. The molecule has 1 aromatic rings. The lowest BCUT2D eigenvalue weighted by Crippen LogP contribution is -2.11. The average molecular weight is 183 g/mol. The van der Waals surface area contributed by atoms with Crippen LogP contribution in [0.3, 0.4) is 0 Å². The van der Waals surface area contributed by atoms with E-state index in [9.17, 15) is 4.79 Å². The molecular formula is C9H13NO3. The summed E-state index contributed by atoms with van der Waals surface area (Å²) in [7, 11) is 0. The maximum absolute atomic E-state index is 10.8. The molecule has 72 valence electrons. The molecule has 0 fully saturated rings. The van der Waals surface area contributed by atoms with Crippen molar-refractivity contribution in [2.45, 2.75) is 32.1 Å². The van der Waals surface area contributed by atoms with Gasteiger partial charge in [0.2, 0.25) is 5.89 Å². The Hall–Kier alpha value is -1.32. The maximum Gasteiger partial charge on any atom is 0.315 e. The SMILES string of the molecule is CCCCC(C(=O)O)c1ncco1. The minimum atomic E-state index is -0.865. The fourth-order valence-electron chi connectivity index (χ4n) is 1.17. The van der Waals surface area contributed by atoms with Crippen LogP contribution in [0, 0.1) is 0 Å². The van der Waals surface area contributed by atoms with Crippen LogP contribution < -0.4 is 0 Å². The number of oxazole rings is 1. The van der Waals surface area contributed by atoms with E-state index in [0.29, 0.717) is 12.3 Å². The van der Waals surface area contributed by atoms with Gasteiger partial charge in [-0.1, -0.05) is 19.8 Å². The van der Waals surface area contributed by atoms with Crippen LogP contribution in [-0.2, 0) is 4.79 Å². The van der Waals surface area contributed by atoms with Crippen LogP contribution in [0.2, 0.25) is 0 Å². The van der Waals surface area contributed by atoms with Crippen LogP contribution in [0.1, 0.15) is 38.0 Å². The Balaban J connectivity index is 2.63. The van der Waals surface area contributed by atoms with Crippen molar-refractivity contribution >= 4 is 5.97 Å². The summed E-state index contributed by atoms with van der Waals surface area (Å²) in [5.41, 5.74) is 0. The highest BCUT2D eigenvalue weighted by molar-refractivity contribution is 5.74. The lowest BCUT2D eigenvalue weighted by molar-refractivity contribution is -0.139. The van der Waals surface area contributed by atoms with E-state index in [-0.39, 0.29) is 0 Å². The summed E-state index contributed by atoms with van der Waals surface area (Å²) < 4.78 is 4.96. The summed E-state index contributed by atoms with van der Waals surface area (Å²) in [5.74, 6) is -1.15. The molecule has 0 bridgehead atoms. The molecule has 1 aromatic heterocycles. The Bertz CT molecular complexity index is 256. The third-order valence-corrected chi connectivity index (χ3v) is 1.89. The van der Waals surface area contributed by atoms with Gasteiger partial charge >= 0.3 is 5.97 Å². The Morgan fingerprint density at radius 1 is 1.77 bits per heavy atom. The molecule has 0 aliphatic rings. The van der Waals surface area contributed by atoms with Crippen molar-refractivity contribution in [3.05, 3.63) is 18.4 Å². The molecule has 0 radical (unpaired) electrons. The predicted octanol–water partition coefficient (Wildman–Crippen LogP) is 2.03. The van der Waals surface area contributed by atoms with E-state index in [1.165, 1.54) is 12.5 Å². The van der Waals surface area contributed by atoms with Gasteiger partial charge in [0.15, 0.2) is 0 Å². The third kappa shape index (κ3) is 2.57. The minimum absolute atomic E-state index is 0.306. The number of unbranched alkanes of at least 4 members (excludes halogenated alkanes) is 1. The highest BCUT2D eigenvalue weighted by Crippen LogP contribution is 2.20. The monoisotopic (exact) mass is 183 g/mol. The highest BCUT2D eigenvalue weighted by Gasteiger charge is 2.22. The second-order valence-electron chi connectivity index (χ2n) is 2.90. The summed E-state index contributed by atoms with van der Waals surface area (Å²) in [4.78, 5) is 14.6. The summed E-state index contributed by atoms with van der Waals surface area (Å²) >= 11 is 0. The van der Waals surface area contributed by atoms with Gasteiger partial charge in [-0.25, -0.2) is 4.98 Å². The maximum atomic E-state index is 10.8. The molecule has 13 heavy (non-hydrogen) atoms. The molecule has 0 aromatic carbocycles. The lowest BCUT2D eigenvalue weighted by atomic mass is 10.0. The Kier molecular flexibility index (Phi) is 3.49. The van der Waals surface area contributed by atoms with Crippen LogP contribution >= 0.6 is 0 Å². The minimum Gasteiger partial charge on any atom is -0.481 e.